The second-order valence-electron chi connectivity index (χ2n) is 9.44. The highest BCUT2D eigenvalue weighted by Crippen LogP contribution is 2.65. The highest BCUT2D eigenvalue weighted by atomic mass is 16.5. The van der Waals surface area contributed by atoms with E-state index in [1.807, 2.05) is 6.08 Å². The first kappa shape index (κ1) is 17.4. The van der Waals surface area contributed by atoms with E-state index < -0.39 is 6.10 Å². The van der Waals surface area contributed by atoms with Gasteiger partial charge in [0.1, 0.15) is 0 Å². The van der Waals surface area contributed by atoms with Crippen LogP contribution >= 0.6 is 0 Å². The summed E-state index contributed by atoms with van der Waals surface area (Å²) >= 11 is 0. The standard InChI is InChI=1S/C20H34O3/c1-6-18(3)11-8-15-19(4)10-7-9-17(2,13-21)16(19)14(22)12-20(15,5)23-18/h6,14-16,21-22H,1,7-13H2,2-5H3/t14-,15?,16+,17?,18-,19+,20+/m1/s1. The Hall–Kier alpha value is -0.380. The molecule has 3 rings (SSSR count). The Kier molecular flexibility index (Phi) is 4.02. The minimum absolute atomic E-state index is 0.0324. The monoisotopic (exact) mass is 322 g/mol. The lowest BCUT2D eigenvalue weighted by molar-refractivity contribution is -0.281. The average molecular weight is 322 g/mol. The Labute approximate surface area is 141 Å². The number of aliphatic hydroxyl groups excluding tert-OH is 2. The van der Waals surface area contributed by atoms with Crippen LogP contribution < -0.4 is 0 Å². The van der Waals surface area contributed by atoms with E-state index in [1.165, 1.54) is 0 Å². The summed E-state index contributed by atoms with van der Waals surface area (Å²) in [7, 11) is 0. The molecule has 2 unspecified atom stereocenters. The van der Waals surface area contributed by atoms with Crippen LogP contribution in [0.1, 0.15) is 66.2 Å². The molecule has 2 saturated carbocycles. The third-order valence-corrected chi connectivity index (χ3v) is 7.65. The summed E-state index contributed by atoms with van der Waals surface area (Å²) in [4.78, 5) is 0. The number of hydrogen-bond donors (Lipinski definition) is 2. The van der Waals surface area contributed by atoms with Crippen LogP contribution in [-0.4, -0.2) is 34.1 Å². The molecule has 0 aromatic rings. The molecule has 1 saturated heterocycles. The molecule has 3 nitrogen and oxygen atoms in total. The van der Waals surface area contributed by atoms with Crippen molar-refractivity contribution < 1.29 is 14.9 Å². The van der Waals surface area contributed by atoms with Gasteiger partial charge in [0.05, 0.1) is 17.3 Å². The quantitative estimate of drug-likeness (QED) is 0.762. The molecule has 3 heteroatoms. The molecule has 0 amide bonds. The Morgan fingerprint density at radius 1 is 1.17 bits per heavy atom. The number of aliphatic hydroxyl groups is 2. The Balaban J connectivity index is 2.01. The van der Waals surface area contributed by atoms with Gasteiger partial charge in [-0.1, -0.05) is 26.3 Å². The Bertz CT molecular complexity index is 491. The zero-order valence-corrected chi connectivity index (χ0v) is 15.3. The van der Waals surface area contributed by atoms with E-state index in [4.69, 9.17) is 4.74 Å². The van der Waals surface area contributed by atoms with Crippen LogP contribution in [0, 0.1) is 22.7 Å². The van der Waals surface area contributed by atoms with Gasteiger partial charge >= 0.3 is 0 Å². The van der Waals surface area contributed by atoms with Crippen molar-refractivity contribution in [2.75, 3.05) is 6.61 Å². The molecule has 0 spiro atoms. The van der Waals surface area contributed by atoms with Crippen molar-refractivity contribution in [3.05, 3.63) is 12.7 Å². The Morgan fingerprint density at radius 2 is 1.87 bits per heavy atom. The molecule has 1 aliphatic heterocycles. The number of hydrogen-bond acceptors (Lipinski definition) is 3. The maximum Gasteiger partial charge on any atom is 0.0839 e. The van der Waals surface area contributed by atoms with Gasteiger partial charge in [0.2, 0.25) is 0 Å². The maximum absolute atomic E-state index is 11.1. The van der Waals surface area contributed by atoms with Crippen LogP contribution in [0.4, 0.5) is 0 Å². The number of ether oxygens (including phenoxy) is 1. The summed E-state index contributed by atoms with van der Waals surface area (Å²) in [5.41, 5.74) is -0.736. The smallest absolute Gasteiger partial charge is 0.0839 e. The first-order valence-electron chi connectivity index (χ1n) is 9.25. The van der Waals surface area contributed by atoms with Crippen LogP contribution in [0.5, 0.6) is 0 Å². The molecule has 0 radical (unpaired) electrons. The van der Waals surface area contributed by atoms with Gasteiger partial charge in [0.25, 0.3) is 0 Å². The maximum atomic E-state index is 11.1. The minimum Gasteiger partial charge on any atom is -0.396 e. The molecule has 0 bridgehead atoms. The van der Waals surface area contributed by atoms with Crippen molar-refractivity contribution in [3.63, 3.8) is 0 Å². The SMILES string of the molecule is C=C[C@]1(C)CCC2[C@]3(C)CCCC(C)(CO)[C@@H]3[C@H](O)C[C@]2(C)O1. The third-order valence-electron chi connectivity index (χ3n) is 7.65. The molecule has 2 N–H and O–H groups in total. The molecule has 132 valence electrons. The van der Waals surface area contributed by atoms with Crippen molar-refractivity contribution in [1.29, 1.82) is 0 Å². The summed E-state index contributed by atoms with van der Waals surface area (Å²) in [6.45, 7) is 12.9. The second-order valence-corrected chi connectivity index (χ2v) is 9.44. The normalized spacial score (nSPS) is 56.5. The molecule has 23 heavy (non-hydrogen) atoms. The zero-order chi connectivity index (χ0) is 17.1. The van der Waals surface area contributed by atoms with E-state index in [0.717, 1.165) is 32.1 Å². The summed E-state index contributed by atoms with van der Waals surface area (Å²) in [6.07, 6.45) is 7.54. The van der Waals surface area contributed by atoms with Gasteiger partial charge < -0.3 is 14.9 Å². The lowest BCUT2D eigenvalue weighted by Gasteiger charge is -2.66. The molecule has 1 heterocycles. The highest BCUT2D eigenvalue weighted by molar-refractivity contribution is 5.15. The van der Waals surface area contributed by atoms with Gasteiger partial charge in [-0.3, -0.25) is 0 Å². The topological polar surface area (TPSA) is 49.7 Å². The molecule has 3 aliphatic rings. The van der Waals surface area contributed by atoms with E-state index in [2.05, 4.69) is 34.3 Å². The third kappa shape index (κ3) is 2.42. The fourth-order valence-electron chi connectivity index (χ4n) is 6.73. The van der Waals surface area contributed by atoms with E-state index >= 15 is 0 Å². The summed E-state index contributed by atoms with van der Waals surface area (Å²) in [5, 5.41) is 21.1. The van der Waals surface area contributed by atoms with Crippen LogP contribution in [-0.2, 0) is 4.74 Å². The van der Waals surface area contributed by atoms with Crippen LogP contribution in [0.15, 0.2) is 12.7 Å². The predicted octanol–water partition coefficient (Wildman–Crippen LogP) is 3.69. The fourth-order valence-corrected chi connectivity index (χ4v) is 6.73. The molecule has 0 aromatic carbocycles. The van der Waals surface area contributed by atoms with E-state index in [1.54, 1.807) is 0 Å². The minimum atomic E-state index is -0.411. The van der Waals surface area contributed by atoms with Crippen LogP contribution in [0.2, 0.25) is 0 Å². The van der Waals surface area contributed by atoms with Crippen LogP contribution in [0.3, 0.4) is 0 Å². The van der Waals surface area contributed by atoms with Crippen molar-refractivity contribution in [1.82, 2.24) is 0 Å². The molecule has 2 aliphatic carbocycles. The van der Waals surface area contributed by atoms with Crippen molar-refractivity contribution in [3.8, 4) is 0 Å². The van der Waals surface area contributed by atoms with Gasteiger partial charge in [-0.05, 0) is 62.2 Å². The van der Waals surface area contributed by atoms with Crippen molar-refractivity contribution in [2.24, 2.45) is 22.7 Å². The first-order valence-corrected chi connectivity index (χ1v) is 9.25. The zero-order valence-electron chi connectivity index (χ0n) is 15.3. The summed E-state index contributed by atoms with van der Waals surface area (Å²) in [6, 6.07) is 0. The van der Waals surface area contributed by atoms with Gasteiger partial charge in [-0.2, -0.15) is 0 Å². The van der Waals surface area contributed by atoms with Gasteiger partial charge in [0, 0.05) is 13.0 Å². The number of fused-ring (bicyclic) bond motifs is 3. The summed E-state index contributed by atoms with van der Waals surface area (Å²) < 4.78 is 6.56. The average Bonchev–Trinajstić information content (AvgIpc) is 2.45. The van der Waals surface area contributed by atoms with Gasteiger partial charge in [0.15, 0.2) is 0 Å². The van der Waals surface area contributed by atoms with E-state index in [0.29, 0.717) is 12.3 Å². The molecular weight excluding hydrogens is 288 g/mol. The number of rotatable bonds is 2. The lowest BCUT2D eigenvalue weighted by atomic mass is 9.43. The van der Waals surface area contributed by atoms with Gasteiger partial charge in [-0.25, -0.2) is 0 Å². The van der Waals surface area contributed by atoms with Crippen molar-refractivity contribution in [2.45, 2.75) is 83.5 Å². The lowest BCUT2D eigenvalue weighted by Crippen LogP contribution is -2.67. The molecule has 0 aromatic heterocycles. The van der Waals surface area contributed by atoms with E-state index in [9.17, 15) is 10.2 Å². The summed E-state index contributed by atoms with van der Waals surface area (Å²) in [5.74, 6) is 0.589. The van der Waals surface area contributed by atoms with E-state index in [-0.39, 0.29) is 34.6 Å². The van der Waals surface area contributed by atoms with Crippen LogP contribution in [0.25, 0.3) is 0 Å². The second kappa shape index (κ2) is 5.31. The van der Waals surface area contributed by atoms with Gasteiger partial charge in [-0.15, -0.1) is 6.58 Å². The Morgan fingerprint density at radius 3 is 2.48 bits per heavy atom. The molecule has 3 fully saturated rings. The highest BCUT2D eigenvalue weighted by Gasteiger charge is 2.64. The largest absolute Gasteiger partial charge is 0.396 e. The first-order chi connectivity index (χ1) is 10.6. The predicted molar refractivity (Wildman–Crippen MR) is 92.1 cm³/mol. The fraction of sp³-hybridized carbons (Fsp3) is 0.900. The van der Waals surface area contributed by atoms with Crippen molar-refractivity contribution >= 4 is 0 Å². The molecule has 7 atom stereocenters. The molecular formula is C20H34O3.